The van der Waals surface area contributed by atoms with Crippen LogP contribution in [0.1, 0.15) is 40.2 Å². The lowest BCUT2D eigenvalue weighted by molar-refractivity contribution is 0.0837. The van der Waals surface area contributed by atoms with E-state index in [9.17, 15) is 4.79 Å². The molecule has 3 nitrogen and oxygen atoms in total. The topological polar surface area (TPSA) is 38.3 Å². The Morgan fingerprint density at radius 3 is 2.55 bits per heavy atom. The van der Waals surface area contributed by atoms with Gasteiger partial charge in [-0.1, -0.05) is 37.1 Å². The van der Waals surface area contributed by atoms with Crippen molar-refractivity contribution < 1.29 is 9.53 Å². The SMILES string of the molecule is CCCc1ccc(C(=O)NCC(OC)c2ccc(Cl)s2)cc1. The van der Waals surface area contributed by atoms with Crippen molar-refractivity contribution in [3.63, 3.8) is 0 Å². The molecule has 22 heavy (non-hydrogen) atoms. The van der Waals surface area contributed by atoms with Crippen LogP contribution in [0.4, 0.5) is 0 Å². The average Bonchev–Trinajstić information content (AvgIpc) is 2.95. The van der Waals surface area contributed by atoms with Crippen LogP contribution in [-0.2, 0) is 11.2 Å². The minimum absolute atomic E-state index is 0.0900. The van der Waals surface area contributed by atoms with Gasteiger partial charge in [-0.15, -0.1) is 11.3 Å². The van der Waals surface area contributed by atoms with Crippen LogP contribution in [0.3, 0.4) is 0 Å². The van der Waals surface area contributed by atoms with E-state index >= 15 is 0 Å². The Kier molecular flexibility index (Phi) is 6.43. The van der Waals surface area contributed by atoms with Crippen molar-refractivity contribution in [2.45, 2.75) is 25.9 Å². The summed E-state index contributed by atoms with van der Waals surface area (Å²) >= 11 is 7.40. The summed E-state index contributed by atoms with van der Waals surface area (Å²) < 4.78 is 6.14. The van der Waals surface area contributed by atoms with E-state index in [1.165, 1.54) is 16.9 Å². The van der Waals surface area contributed by atoms with E-state index in [4.69, 9.17) is 16.3 Å². The molecule has 0 bridgehead atoms. The number of ether oxygens (including phenoxy) is 1. The number of halogens is 1. The van der Waals surface area contributed by atoms with Gasteiger partial charge in [0, 0.05) is 24.1 Å². The standard InChI is InChI=1S/C17H20ClNO2S/c1-3-4-12-5-7-13(8-6-12)17(20)19-11-14(21-2)15-9-10-16(18)22-15/h5-10,14H,3-4,11H2,1-2H3,(H,19,20). The van der Waals surface area contributed by atoms with E-state index in [2.05, 4.69) is 12.2 Å². The molecule has 1 unspecified atom stereocenters. The Balaban J connectivity index is 1.93. The number of hydrogen-bond donors (Lipinski definition) is 1. The maximum absolute atomic E-state index is 12.2. The molecule has 0 aliphatic heterocycles. The van der Waals surface area contributed by atoms with Crippen LogP contribution in [-0.4, -0.2) is 19.6 Å². The van der Waals surface area contributed by atoms with Crippen molar-refractivity contribution in [2.24, 2.45) is 0 Å². The van der Waals surface area contributed by atoms with Gasteiger partial charge in [0.05, 0.1) is 4.34 Å². The lowest BCUT2D eigenvalue weighted by atomic mass is 10.1. The molecule has 118 valence electrons. The van der Waals surface area contributed by atoms with Gasteiger partial charge in [0.25, 0.3) is 5.91 Å². The van der Waals surface area contributed by atoms with Crippen molar-refractivity contribution >= 4 is 28.8 Å². The highest BCUT2D eigenvalue weighted by atomic mass is 35.5. The molecule has 1 heterocycles. The second-order valence-corrected chi connectivity index (χ2v) is 6.77. The normalized spacial score (nSPS) is 12.1. The van der Waals surface area contributed by atoms with Crippen molar-refractivity contribution in [1.82, 2.24) is 5.32 Å². The number of carbonyl (C=O) groups is 1. The van der Waals surface area contributed by atoms with Crippen LogP contribution in [0, 0.1) is 0 Å². The summed E-state index contributed by atoms with van der Waals surface area (Å²) in [5, 5.41) is 2.91. The third-order valence-electron chi connectivity index (χ3n) is 3.40. The van der Waals surface area contributed by atoms with Crippen LogP contribution in [0.5, 0.6) is 0 Å². The molecule has 1 amide bonds. The zero-order valence-electron chi connectivity index (χ0n) is 12.8. The Morgan fingerprint density at radius 2 is 2.00 bits per heavy atom. The first kappa shape index (κ1) is 17.0. The van der Waals surface area contributed by atoms with Gasteiger partial charge in [0.1, 0.15) is 6.10 Å². The smallest absolute Gasteiger partial charge is 0.251 e. The number of methoxy groups -OCH3 is 1. The van der Waals surface area contributed by atoms with Crippen molar-refractivity contribution in [3.8, 4) is 0 Å². The number of aryl methyl sites for hydroxylation is 1. The zero-order chi connectivity index (χ0) is 15.9. The minimum Gasteiger partial charge on any atom is -0.374 e. The van der Waals surface area contributed by atoms with E-state index in [0.717, 1.165) is 22.1 Å². The van der Waals surface area contributed by atoms with Crippen LogP contribution >= 0.6 is 22.9 Å². The van der Waals surface area contributed by atoms with Crippen molar-refractivity contribution in [2.75, 3.05) is 13.7 Å². The molecule has 1 N–H and O–H groups in total. The number of amides is 1. The fourth-order valence-corrected chi connectivity index (χ4v) is 3.34. The third kappa shape index (κ3) is 4.57. The van der Waals surface area contributed by atoms with Gasteiger partial charge in [-0.05, 0) is 36.2 Å². The summed E-state index contributed by atoms with van der Waals surface area (Å²) in [5.74, 6) is -0.0900. The van der Waals surface area contributed by atoms with E-state index in [0.29, 0.717) is 12.1 Å². The minimum atomic E-state index is -0.180. The van der Waals surface area contributed by atoms with Gasteiger partial charge >= 0.3 is 0 Å². The van der Waals surface area contributed by atoms with Gasteiger partial charge in [0.15, 0.2) is 0 Å². The molecule has 0 spiro atoms. The summed E-state index contributed by atoms with van der Waals surface area (Å²) in [6, 6.07) is 11.5. The van der Waals surface area contributed by atoms with E-state index in [1.54, 1.807) is 7.11 Å². The quantitative estimate of drug-likeness (QED) is 0.809. The first-order valence-electron chi connectivity index (χ1n) is 7.29. The van der Waals surface area contributed by atoms with Gasteiger partial charge in [0.2, 0.25) is 0 Å². The molecule has 1 atom stereocenters. The maximum atomic E-state index is 12.2. The lowest BCUT2D eigenvalue weighted by Gasteiger charge is -2.14. The summed E-state index contributed by atoms with van der Waals surface area (Å²) in [4.78, 5) is 13.2. The Bertz CT molecular complexity index is 609. The molecule has 0 saturated heterocycles. The van der Waals surface area contributed by atoms with Gasteiger partial charge in [-0.25, -0.2) is 0 Å². The number of benzene rings is 1. The molecule has 0 aliphatic carbocycles. The molecule has 1 aromatic heterocycles. The zero-order valence-corrected chi connectivity index (χ0v) is 14.3. The predicted molar refractivity (Wildman–Crippen MR) is 91.8 cm³/mol. The van der Waals surface area contributed by atoms with Gasteiger partial charge < -0.3 is 10.1 Å². The predicted octanol–water partition coefficient (Wildman–Crippen LogP) is 4.47. The Hall–Kier alpha value is -1.36. The molecule has 0 radical (unpaired) electrons. The second kappa shape index (κ2) is 8.32. The average molecular weight is 338 g/mol. The van der Waals surface area contributed by atoms with Crippen LogP contribution < -0.4 is 5.32 Å². The molecule has 5 heteroatoms. The van der Waals surface area contributed by atoms with Gasteiger partial charge in [-0.2, -0.15) is 0 Å². The summed E-state index contributed by atoms with van der Waals surface area (Å²) in [6.45, 7) is 2.56. The second-order valence-electron chi connectivity index (χ2n) is 5.02. The Morgan fingerprint density at radius 1 is 1.27 bits per heavy atom. The van der Waals surface area contributed by atoms with Crippen LogP contribution in [0.15, 0.2) is 36.4 Å². The monoisotopic (exact) mass is 337 g/mol. The molecule has 1 aromatic carbocycles. The number of thiophene rings is 1. The number of rotatable bonds is 7. The van der Waals surface area contributed by atoms with E-state index < -0.39 is 0 Å². The first-order chi connectivity index (χ1) is 10.6. The number of hydrogen-bond acceptors (Lipinski definition) is 3. The summed E-state index contributed by atoms with van der Waals surface area (Å²) in [6.07, 6.45) is 1.96. The molecular formula is C17H20ClNO2S. The highest BCUT2D eigenvalue weighted by molar-refractivity contribution is 7.16. The van der Waals surface area contributed by atoms with Gasteiger partial charge in [-0.3, -0.25) is 4.79 Å². The number of nitrogens with one attached hydrogen (secondary N) is 1. The largest absolute Gasteiger partial charge is 0.374 e. The fourth-order valence-electron chi connectivity index (χ4n) is 2.20. The molecule has 2 aromatic rings. The third-order valence-corrected chi connectivity index (χ3v) is 4.72. The first-order valence-corrected chi connectivity index (χ1v) is 8.48. The highest BCUT2D eigenvalue weighted by Gasteiger charge is 2.15. The molecular weight excluding hydrogens is 318 g/mol. The lowest BCUT2D eigenvalue weighted by Crippen LogP contribution is -2.28. The maximum Gasteiger partial charge on any atom is 0.251 e. The fraction of sp³-hybridized carbons (Fsp3) is 0.353. The summed E-state index contributed by atoms with van der Waals surface area (Å²) in [5.41, 5.74) is 1.92. The van der Waals surface area contributed by atoms with Crippen LogP contribution in [0.2, 0.25) is 4.34 Å². The van der Waals surface area contributed by atoms with Crippen molar-refractivity contribution in [1.29, 1.82) is 0 Å². The van der Waals surface area contributed by atoms with E-state index in [-0.39, 0.29) is 12.0 Å². The number of carbonyl (C=O) groups excluding carboxylic acids is 1. The molecule has 0 saturated carbocycles. The summed E-state index contributed by atoms with van der Waals surface area (Å²) in [7, 11) is 1.63. The highest BCUT2D eigenvalue weighted by Crippen LogP contribution is 2.28. The van der Waals surface area contributed by atoms with Crippen LogP contribution in [0.25, 0.3) is 0 Å². The van der Waals surface area contributed by atoms with E-state index in [1.807, 2.05) is 36.4 Å². The molecule has 2 rings (SSSR count). The molecule has 0 fully saturated rings. The Labute approximate surface area is 140 Å². The van der Waals surface area contributed by atoms with Crippen molar-refractivity contribution in [3.05, 3.63) is 56.7 Å². The molecule has 0 aliphatic rings.